The summed E-state index contributed by atoms with van der Waals surface area (Å²) in [5.74, 6) is 1.45. The molecule has 18 heavy (non-hydrogen) atoms. The van der Waals surface area contributed by atoms with Crippen LogP contribution in [0.2, 0.25) is 0 Å². The zero-order valence-corrected chi connectivity index (χ0v) is 10.6. The molecule has 3 nitrogen and oxygen atoms in total. The van der Waals surface area contributed by atoms with Crippen molar-refractivity contribution in [1.82, 2.24) is 0 Å². The molecule has 0 aliphatic carbocycles. The fraction of sp³-hybridized carbons (Fsp3) is 0.200. The zero-order chi connectivity index (χ0) is 13.0. The molecule has 0 heterocycles. The second-order valence-electron chi connectivity index (χ2n) is 4.17. The van der Waals surface area contributed by atoms with Gasteiger partial charge in [0.25, 0.3) is 0 Å². The topological polar surface area (TPSA) is 44.5 Å². The standard InChI is InChI=1S/C15H17NO2/c1-11-5-3-8-14(15(11)16)18-13-7-4-6-12(9-13)10-17-2/h3-9H,10,16H2,1-2H3. The second-order valence-corrected chi connectivity index (χ2v) is 4.17. The van der Waals surface area contributed by atoms with Gasteiger partial charge in [0.1, 0.15) is 5.75 Å². The molecule has 2 aromatic rings. The van der Waals surface area contributed by atoms with Crippen LogP contribution in [-0.2, 0) is 11.3 Å². The molecule has 2 N–H and O–H groups in total. The van der Waals surface area contributed by atoms with Gasteiger partial charge in [-0.2, -0.15) is 0 Å². The first-order valence-corrected chi connectivity index (χ1v) is 5.81. The molecule has 2 aromatic carbocycles. The molecule has 0 radical (unpaired) electrons. The third kappa shape index (κ3) is 2.81. The predicted molar refractivity (Wildman–Crippen MR) is 72.8 cm³/mol. The fourth-order valence-electron chi connectivity index (χ4n) is 1.74. The fourth-order valence-corrected chi connectivity index (χ4v) is 1.74. The quantitative estimate of drug-likeness (QED) is 0.836. The Balaban J connectivity index is 2.23. The van der Waals surface area contributed by atoms with Crippen LogP contribution in [-0.4, -0.2) is 7.11 Å². The molecule has 0 saturated carbocycles. The summed E-state index contributed by atoms with van der Waals surface area (Å²) in [5, 5.41) is 0. The molecule has 0 aliphatic rings. The Kier molecular flexibility index (Phi) is 3.85. The first-order chi connectivity index (χ1) is 8.70. The van der Waals surface area contributed by atoms with Crippen molar-refractivity contribution in [3.05, 3.63) is 53.6 Å². The predicted octanol–water partition coefficient (Wildman–Crippen LogP) is 3.52. The minimum Gasteiger partial charge on any atom is -0.455 e. The van der Waals surface area contributed by atoms with E-state index in [9.17, 15) is 0 Å². The molecule has 0 saturated heterocycles. The summed E-state index contributed by atoms with van der Waals surface area (Å²) in [6, 6.07) is 13.5. The molecule has 2 rings (SSSR count). The second kappa shape index (κ2) is 5.56. The van der Waals surface area contributed by atoms with E-state index in [0.29, 0.717) is 18.0 Å². The van der Waals surface area contributed by atoms with Crippen molar-refractivity contribution < 1.29 is 9.47 Å². The van der Waals surface area contributed by atoms with E-state index < -0.39 is 0 Å². The van der Waals surface area contributed by atoms with Crippen molar-refractivity contribution >= 4 is 5.69 Å². The van der Waals surface area contributed by atoms with Gasteiger partial charge in [-0.25, -0.2) is 0 Å². The first kappa shape index (κ1) is 12.5. The number of ether oxygens (including phenoxy) is 2. The highest BCUT2D eigenvalue weighted by Crippen LogP contribution is 2.29. The minimum absolute atomic E-state index is 0.570. The van der Waals surface area contributed by atoms with Gasteiger partial charge >= 0.3 is 0 Å². The molecule has 0 atom stereocenters. The lowest BCUT2D eigenvalue weighted by molar-refractivity contribution is 0.184. The van der Waals surface area contributed by atoms with Crippen molar-refractivity contribution in [2.75, 3.05) is 12.8 Å². The molecule has 0 amide bonds. The summed E-state index contributed by atoms with van der Waals surface area (Å²) in [4.78, 5) is 0. The van der Waals surface area contributed by atoms with E-state index in [1.165, 1.54) is 0 Å². The van der Waals surface area contributed by atoms with Gasteiger partial charge in [-0.3, -0.25) is 0 Å². The summed E-state index contributed by atoms with van der Waals surface area (Å²) in [6.45, 7) is 2.53. The van der Waals surface area contributed by atoms with E-state index in [1.807, 2.05) is 49.4 Å². The lowest BCUT2D eigenvalue weighted by atomic mass is 10.2. The molecular formula is C15H17NO2. The molecule has 0 unspecified atom stereocenters. The number of methoxy groups -OCH3 is 1. The van der Waals surface area contributed by atoms with Gasteiger partial charge in [0.05, 0.1) is 12.3 Å². The van der Waals surface area contributed by atoms with Crippen LogP contribution in [0.3, 0.4) is 0 Å². The van der Waals surface area contributed by atoms with Crippen LogP contribution in [0, 0.1) is 6.92 Å². The van der Waals surface area contributed by atoms with Crippen LogP contribution in [0.25, 0.3) is 0 Å². The van der Waals surface area contributed by atoms with Crippen molar-refractivity contribution in [3.63, 3.8) is 0 Å². The molecule has 0 fully saturated rings. The van der Waals surface area contributed by atoms with Crippen molar-refractivity contribution in [3.8, 4) is 11.5 Å². The monoisotopic (exact) mass is 243 g/mol. The smallest absolute Gasteiger partial charge is 0.150 e. The van der Waals surface area contributed by atoms with Gasteiger partial charge in [0.15, 0.2) is 5.75 Å². The highest BCUT2D eigenvalue weighted by atomic mass is 16.5. The minimum atomic E-state index is 0.570. The van der Waals surface area contributed by atoms with E-state index in [2.05, 4.69) is 0 Å². The van der Waals surface area contributed by atoms with Crippen LogP contribution < -0.4 is 10.5 Å². The van der Waals surface area contributed by atoms with Crippen LogP contribution in [0.15, 0.2) is 42.5 Å². The lowest BCUT2D eigenvalue weighted by Gasteiger charge is -2.11. The summed E-state index contributed by atoms with van der Waals surface area (Å²) in [6.07, 6.45) is 0. The van der Waals surface area contributed by atoms with Crippen LogP contribution >= 0.6 is 0 Å². The number of anilines is 1. The first-order valence-electron chi connectivity index (χ1n) is 5.81. The van der Waals surface area contributed by atoms with Gasteiger partial charge in [0, 0.05) is 7.11 Å². The molecule has 3 heteroatoms. The third-order valence-electron chi connectivity index (χ3n) is 2.72. The normalized spacial score (nSPS) is 10.3. The number of hydrogen-bond acceptors (Lipinski definition) is 3. The maximum atomic E-state index is 5.98. The lowest BCUT2D eigenvalue weighted by Crippen LogP contribution is -1.95. The Morgan fingerprint density at radius 3 is 2.67 bits per heavy atom. The third-order valence-corrected chi connectivity index (χ3v) is 2.72. The van der Waals surface area contributed by atoms with Crippen molar-refractivity contribution in [1.29, 1.82) is 0 Å². The summed E-state index contributed by atoms with van der Waals surface area (Å²) in [7, 11) is 1.67. The number of nitrogens with two attached hydrogens (primary N) is 1. The molecule has 0 aromatic heterocycles. The molecule has 94 valence electrons. The summed E-state index contributed by atoms with van der Waals surface area (Å²) < 4.78 is 10.9. The number of hydrogen-bond donors (Lipinski definition) is 1. The van der Waals surface area contributed by atoms with E-state index >= 15 is 0 Å². The summed E-state index contributed by atoms with van der Waals surface area (Å²) >= 11 is 0. The Morgan fingerprint density at radius 2 is 1.89 bits per heavy atom. The zero-order valence-electron chi connectivity index (χ0n) is 10.6. The van der Waals surface area contributed by atoms with E-state index in [0.717, 1.165) is 16.9 Å². The van der Waals surface area contributed by atoms with E-state index in [4.69, 9.17) is 15.2 Å². The Bertz CT molecular complexity index is 538. The highest BCUT2D eigenvalue weighted by molar-refractivity contribution is 5.59. The SMILES string of the molecule is COCc1cccc(Oc2cccc(C)c2N)c1. The largest absolute Gasteiger partial charge is 0.455 e. The molecular weight excluding hydrogens is 226 g/mol. The number of benzene rings is 2. The van der Waals surface area contributed by atoms with Gasteiger partial charge in [-0.1, -0.05) is 24.3 Å². The summed E-state index contributed by atoms with van der Waals surface area (Å²) in [5.41, 5.74) is 8.74. The van der Waals surface area contributed by atoms with E-state index in [-0.39, 0.29) is 0 Å². The maximum Gasteiger partial charge on any atom is 0.150 e. The Labute approximate surface area is 107 Å². The Hall–Kier alpha value is -2.00. The van der Waals surface area contributed by atoms with Crippen LogP contribution in [0.5, 0.6) is 11.5 Å². The van der Waals surface area contributed by atoms with Crippen molar-refractivity contribution in [2.24, 2.45) is 0 Å². The van der Waals surface area contributed by atoms with Gasteiger partial charge < -0.3 is 15.2 Å². The van der Waals surface area contributed by atoms with Gasteiger partial charge in [-0.05, 0) is 36.2 Å². The van der Waals surface area contributed by atoms with E-state index in [1.54, 1.807) is 7.11 Å². The average molecular weight is 243 g/mol. The number of nitrogen functional groups attached to an aromatic ring is 1. The molecule has 0 bridgehead atoms. The molecule has 0 spiro atoms. The Morgan fingerprint density at radius 1 is 1.11 bits per heavy atom. The van der Waals surface area contributed by atoms with Crippen molar-refractivity contribution in [2.45, 2.75) is 13.5 Å². The number of aryl methyl sites for hydroxylation is 1. The average Bonchev–Trinajstić information content (AvgIpc) is 2.36. The number of rotatable bonds is 4. The van der Waals surface area contributed by atoms with Crippen LogP contribution in [0.4, 0.5) is 5.69 Å². The van der Waals surface area contributed by atoms with Gasteiger partial charge in [0.2, 0.25) is 0 Å². The van der Waals surface area contributed by atoms with Crippen LogP contribution in [0.1, 0.15) is 11.1 Å². The molecule has 0 aliphatic heterocycles. The highest BCUT2D eigenvalue weighted by Gasteiger charge is 2.04. The van der Waals surface area contributed by atoms with Gasteiger partial charge in [-0.15, -0.1) is 0 Å². The number of para-hydroxylation sites is 1. The maximum absolute atomic E-state index is 5.98.